The van der Waals surface area contributed by atoms with Gasteiger partial charge in [-0.3, -0.25) is 9.89 Å². The molecule has 1 amide bonds. The second-order valence-electron chi connectivity index (χ2n) is 9.20. The van der Waals surface area contributed by atoms with E-state index in [0.717, 1.165) is 11.8 Å². The molecule has 1 aliphatic rings. The van der Waals surface area contributed by atoms with Gasteiger partial charge >= 0.3 is 5.69 Å². The first-order valence-corrected chi connectivity index (χ1v) is 12.1. The van der Waals surface area contributed by atoms with E-state index in [9.17, 15) is 18.4 Å². The van der Waals surface area contributed by atoms with Crippen LogP contribution in [0.15, 0.2) is 71.5 Å². The van der Waals surface area contributed by atoms with E-state index in [1.54, 1.807) is 66.7 Å². The maximum Gasteiger partial charge on any atom is 0.323 e. The highest BCUT2D eigenvalue weighted by Crippen LogP contribution is 2.45. The number of halogens is 3. The highest BCUT2D eigenvalue weighted by Gasteiger charge is 2.45. The van der Waals surface area contributed by atoms with Gasteiger partial charge in [-0.25, -0.2) is 13.6 Å². The molecule has 0 spiro atoms. The van der Waals surface area contributed by atoms with Crippen LogP contribution in [0.4, 0.5) is 8.78 Å². The minimum absolute atomic E-state index is 0.130. The number of para-hydroxylation sites is 1. The number of nitrogens with one attached hydrogen (secondary N) is 3. The average Bonchev–Trinajstić information content (AvgIpc) is 3.54. The van der Waals surface area contributed by atoms with Gasteiger partial charge in [0.25, 0.3) is 11.8 Å². The molecule has 1 unspecified atom stereocenters. The molecule has 8 nitrogen and oxygen atoms in total. The number of fused-ring (bicyclic) bond motifs is 2. The molecule has 0 aliphatic carbocycles. The van der Waals surface area contributed by atoms with Crippen molar-refractivity contribution in [2.75, 3.05) is 6.54 Å². The molecule has 6 rings (SSSR count). The zero-order valence-electron chi connectivity index (χ0n) is 19.9. The number of H-pyrrole nitrogens is 3. The van der Waals surface area contributed by atoms with Crippen molar-refractivity contribution in [1.82, 2.24) is 25.1 Å². The highest BCUT2D eigenvalue weighted by atomic mass is 35.5. The summed E-state index contributed by atoms with van der Waals surface area (Å²) in [4.78, 5) is 31.9. The molecule has 3 heterocycles. The van der Waals surface area contributed by atoms with Crippen molar-refractivity contribution < 1.29 is 18.3 Å². The van der Waals surface area contributed by atoms with Gasteiger partial charge in [-0.2, -0.15) is 5.10 Å². The Labute approximate surface area is 219 Å². The fourth-order valence-corrected chi connectivity index (χ4v) is 4.95. The number of nitrogens with zero attached hydrogens (tertiary/aromatic N) is 2. The van der Waals surface area contributed by atoms with Crippen molar-refractivity contribution in [2.24, 2.45) is 0 Å². The van der Waals surface area contributed by atoms with Gasteiger partial charge in [0.2, 0.25) is 0 Å². The standard InChI is InChI=1S/C27H20ClF2N5O3/c1-27(29,30)13-35-24(14-5-9-16(10-6-14)38-17-11-7-15(28)8-12-17)20-22(33-34-23(20)25(35)36)18-3-2-4-19-21(18)32-26(37)31-19/h2-12,24H,13H2,1H3,(H,33,34)(H2,31,32,37). The summed E-state index contributed by atoms with van der Waals surface area (Å²) in [7, 11) is 0. The van der Waals surface area contributed by atoms with Gasteiger partial charge in [0.15, 0.2) is 0 Å². The lowest BCUT2D eigenvalue weighted by atomic mass is 9.95. The van der Waals surface area contributed by atoms with Crippen molar-refractivity contribution in [1.29, 1.82) is 0 Å². The van der Waals surface area contributed by atoms with Crippen LogP contribution in [0.2, 0.25) is 5.02 Å². The smallest absolute Gasteiger partial charge is 0.323 e. The Morgan fingerprint density at radius 2 is 1.68 bits per heavy atom. The van der Waals surface area contributed by atoms with Crippen molar-refractivity contribution in [2.45, 2.75) is 18.9 Å². The van der Waals surface area contributed by atoms with E-state index in [2.05, 4.69) is 20.2 Å². The Morgan fingerprint density at radius 3 is 2.37 bits per heavy atom. The molecule has 1 atom stereocenters. The minimum Gasteiger partial charge on any atom is -0.457 e. The predicted octanol–water partition coefficient (Wildman–Crippen LogP) is 5.89. The van der Waals surface area contributed by atoms with Gasteiger partial charge in [-0.1, -0.05) is 35.9 Å². The number of aromatic amines is 3. The molecule has 3 aromatic carbocycles. The van der Waals surface area contributed by atoms with Crippen LogP contribution in [0.5, 0.6) is 11.5 Å². The van der Waals surface area contributed by atoms with E-state index in [0.29, 0.717) is 49.9 Å². The molecule has 11 heteroatoms. The van der Waals surface area contributed by atoms with Crippen LogP contribution in [-0.4, -0.2) is 43.4 Å². The molecule has 3 N–H and O–H groups in total. The van der Waals surface area contributed by atoms with Gasteiger partial charge in [-0.05, 0) is 48.0 Å². The number of hydrogen-bond acceptors (Lipinski definition) is 4. The van der Waals surface area contributed by atoms with Crippen LogP contribution in [0.1, 0.15) is 34.6 Å². The number of hydrogen-bond donors (Lipinski definition) is 3. The van der Waals surface area contributed by atoms with Crippen LogP contribution in [-0.2, 0) is 0 Å². The first-order valence-electron chi connectivity index (χ1n) is 11.7. The molecule has 0 radical (unpaired) electrons. The molecule has 192 valence electrons. The number of carbonyl (C=O) groups is 1. The number of aromatic nitrogens is 4. The number of imidazole rings is 1. The van der Waals surface area contributed by atoms with Crippen LogP contribution in [0.25, 0.3) is 22.3 Å². The van der Waals surface area contributed by atoms with E-state index >= 15 is 0 Å². The Morgan fingerprint density at radius 1 is 1.00 bits per heavy atom. The van der Waals surface area contributed by atoms with E-state index in [4.69, 9.17) is 16.3 Å². The Bertz CT molecular complexity index is 1720. The Balaban J connectivity index is 1.44. The van der Waals surface area contributed by atoms with Crippen LogP contribution >= 0.6 is 11.6 Å². The molecule has 0 saturated heterocycles. The molecule has 0 fully saturated rings. The number of benzene rings is 3. The van der Waals surface area contributed by atoms with E-state index in [1.807, 2.05) is 0 Å². The summed E-state index contributed by atoms with van der Waals surface area (Å²) in [5, 5.41) is 7.70. The number of ether oxygens (including phenoxy) is 1. The molecule has 5 aromatic rings. The van der Waals surface area contributed by atoms with Crippen molar-refractivity contribution in [3.63, 3.8) is 0 Å². The van der Waals surface area contributed by atoms with Crippen LogP contribution in [0.3, 0.4) is 0 Å². The molecule has 2 aromatic heterocycles. The average molecular weight is 536 g/mol. The number of alkyl halides is 2. The predicted molar refractivity (Wildman–Crippen MR) is 138 cm³/mol. The van der Waals surface area contributed by atoms with Gasteiger partial charge in [0, 0.05) is 23.1 Å². The van der Waals surface area contributed by atoms with Gasteiger partial charge in [0.1, 0.15) is 22.9 Å². The number of carbonyl (C=O) groups excluding carboxylic acids is 1. The lowest BCUT2D eigenvalue weighted by Gasteiger charge is -2.28. The van der Waals surface area contributed by atoms with E-state index in [-0.39, 0.29) is 5.69 Å². The Hall–Kier alpha value is -4.44. The van der Waals surface area contributed by atoms with E-state index in [1.165, 1.54) is 0 Å². The lowest BCUT2D eigenvalue weighted by molar-refractivity contribution is -0.0148. The van der Waals surface area contributed by atoms with Gasteiger partial charge in [0.05, 0.1) is 23.6 Å². The largest absolute Gasteiger partial charge is 0.457 e. The summed E-state index contributed by atoms with van der Waals surface area (Å²) >= 11 is 5.93. The molecule has 1 aliphatic heterocycles. The number of rotatable bonds is 6. The maximum atomic E-state index is 14.2. The second kappa shape index (κ2) is 8.84. The fourth-order valence-electron chi connectivity index (χ4n) is 4.82. The van der Waals surface area contributed by atoms with Crippen molar-refractivity contribution >= 4 is 28.5 Å². The van der Waals surface area contributed by atoms with Crippen molar-refractivity contribution in [3.05, 3.63) is 99.1 Å². The minimum atomic E-state index is -3.13. The third-order valence-corrected chi connectivity index (χ3v) is 6.62. The monoisotopic (exact) mass is 535 g/mol. The molecule has 0 bridgehead atoms. The maximum absolute atomic E-state index is 14.2. The van der Waals surface area contributed by atoms with Gasteiger partial charge in [-0.15, -0.1) is 0 Å². The summed E-state index contributed by atoms with van der Waals surface area (Å²) in [5.41, 5.74) is 2.81. The SMILES string of the molecule is CC(F)(F)CN1C(=O)c2[nH]nc(-c3cccc4[nH]c(=O)[nH]c34)c2C1c1ccc(Oc2ccc(Cl)cc2)cc1. The molecular weight excluding hydrogens is 516 g/mol. The third-order valence-electron chi connectivity index (χ3n) is 6.36. The topological polar surface area (TPSA) is 107 Å². The molecule has 0 saturated carbocycles. The normalized spacial score (nSPS) is 15.3. The van der Waals surface area contributed by atoms with Gasteiger partial charge < -0.3 is 19.6 Å². The first-order chi connectivity index (χ1) is 18.2. The molecule has 38 heavy (non-hydrogen) atoms. The summed E-state index contributed by atoms with van der Waals surface area (Å²) < 4.78 is 34.3. The zero-order chi connectivity index (χ0) is 26.6. The number of amides is 1. The first kappa shape index (κ1) is 23.9. The van der Waals surface area contributed by atoms with Crippen LogP contribution in [0, 0.1) is 0 Å². The highest BCUT2D eigenvalue weighted by molar-refractivity contribution is 6.30. The van der Waals surface area contributed by atoms with Crippen molar-refractivity contribution in [3.8, 4) is 22.8 Å². The zero-order valence-corrected chi connectivity index (χ0v) is 20.6. The second-order valence-corrected chi connectivity index (χ2v) is 9.64. The van der Waals surface area contributed by atoms with Crippen LogP contribution < -0.4 is 10.4 Å². The fraction of sp³-hybridized carbons (Fsp3) is 0.148. The van der Waals surface area contributed by atoms with E-state index < -0.39 is 30.1 Å². The summed E-state index contributed by atoms with van der Waals surface area (Å²) in [6.07, 6.45) is 0. The summed E-state index contributed by atoms with van der Waals surface area (Å²) in [6, 6.07) is 18.1. The third kappa shape index (κ3) is 4.22. The Kier molecular flexibility index (Phi) is 5.57. The molecular formula is C27H20ClF2N5O3. The summed E-state index contributed by atoms with van der Waals surface area (Å²) in [5.74, 6) is -2.61. The summed E-state index contributed by atoms with van der Waals surface area (Å²) in [6.45, 7) is -0.00972. The lowest BCUT2D eigenvalue weighted by Crippen LogP contribution is -2.38. The quantitative estimate of drug-likeness (QED) is 0.252.